The fourth-order valence-corrected chi connectivity index (χ4v) is 6.77. The summed E-state index contributed by atoms with van der Waals surface area (Å²) in [6, 6.07) is 16.6. The Kier molecular flexibility index (Phi) is 5.79. The fourth-order valence-electron chi connectivity index (χ4n) is 6.77. The lowest BCUT2D eigenvalue weighted by molar-refractivity contribution is -0.137. The second-order valence-corrected chi connectivity index (χ2v) is 9.66. The monoisotopic (exact) mass is 406 g/mol. The molecule has 0 aromatic heterocycles. The van der Waals surface area contributed by atoms with Crippen molar-refractivity contribution in [2.45, 2.75) is 63.6 Å². The molecule has 0 spiro atoms. The van der Waals surface area contributed by atoms with E-state index in [1.54, 1.807) is 0 Å². The van der Waals surface area contributed by atoms with Gasteiger partial charge in [0.2, 0.25) is 0 Å². The molecular weight excluding hydrogens is 372 g/mol. The Morgan fingerprint density at radius 2 is 1.83 bits per heavy atom. The molecule has 0 unspecified atom stereocenters. The van der Waals surface area contributed by atoms with Crippen molar-refractivity contribution in [2.24, 2.45) is 11.8 Å². The maximum absolute atomic E-state index is 11.2. The van der Waals surface area contributed by atoms with Crippen molar-refractivity contribution in [3.05, 3.63) is 48.0 Å². The third-order valence-electron chi connectivity index (χ3n) is 7.92. The van der Waals surface area contributed by atoms with Crippen LogP contribution < -0.4 is 0 Å². The molecule has 0 amide bonds. The van der Waals surface area contributed by atoms with Gasteiger partial charge in [-0.25, -0.2) is 0 Å². The van der Waals surface area contributed by atoms with E-state index >= 15 is 0 Å². The first-order valence-corrected chi connectivity index (χ1v) is 11.9. The van der Waals surface area contributed by atoms with Crippen LogP contribution in [0.2, 0.25) is 0 Å². The first-order chi connectivity index (χ1) is 14.7. The van der Waals surface area contributed by atoms with Crippen LogP contribution in [0.3, 0.4) is 0 Å². The highest BCUT2D eigenvalue weighted by atomic mass is 16.4. The predicted octanol–water partition coefficient (Wildman–Crippen LogP) is 4.77. The molecule has 2 aromatic carbocycles. The number of carboxylic acids is 1. The first kappa shape index (κ1) is 20.0. The van der Waals surface area contributed by atoms with Gasteiger partial charge in [-0.1, -0.05) is 42.5 Å². The van der Waals surface area contributed by atoms with Crippen molar-refractivity contribution in [3.8, 4) is 0 Å². The predicted molar refractivity (Wildman–Crippen MR) is 120 cm³/mol. The Balaban J connectivity index is 1.44. The molecule has 4 nitrogen and oxygen atoms in total. The Morgan fingerprint density at radius 3 is 2.70 bits per heavy atom. The number of hydrogen-bond acceptors (Lipinski definition) is 3. The number of hydrogen-bond donors (Lipinski definition) is 1. The molecule has 3 saturated heterocycles. The molecule has 4 atom stereocenters. The van der Waals surface area contributed by atoms with E-state index in [0.29, 0.717) is 18.4 Å². The standard InChI is InChI=1S/C26H34N2O2/c29-25(30)14-4-13-24-23-12-6-16-27-15-5-10-21(26(23)27)18-28(24)17-20-9-3-8-19-7-1-2-11-22(19)20/h1-3,7-9,11,21,23-24,26H,4-6,10,12-18H2,(H,29,30)/t21-,23-,24-,26+/m1/s1. The lowest BCUT2D eigenvalue weighted by atomic mass is 9.69. The second kappa shape index (κ2) is 8.68. The van der Waals surface area contributed by atoms with Gasteiger partial charge in [-0.15, -0.1) is 0 Å². The average Bonchev–Trinajstić information content (AvgIpc) is 2.76. The Hall–Kier alpha value is -1.91. The van der Waals surface area contributed by atoms with Gasteiger partial charge in [0, 0.05) is 31.6 Å². The molecule has 3 heterocycles. The van der Waals surface area contributed by atoms with Crippen LogP contribution >= 0.6 is 0 Å². The van der Waals surface area contributed by atoms with Crippen LogP contribution in [0.25, 0.3) is 10.8 Å². The molecule has 5 rings (SSSR count). The molecule has 30 heavy (non-hydrogen) atoms. The zero-order valence-electron chi connectivity index (χ0n) is 17.9. The molecule has 1 N–H and O–H groups in total. The minimum absolute atomic E-state index is 0.295. The fraction of sp³-hybridized carbons (Fsp3) is 0.577. The van der Waals surface area contributed by atoms with Crippen LogP contribution in [0.1, 0.15) is 50.5 Å². The van der Waals surface area contributed by atoms with Crippen LogP contribution in [-0.2, 0) is 11.3 Å². The molecule has 160 valence electrons. The number of piperidine rings is 3. The molecule has 2 aromatic rings. The van der Waals surface area contributed by atoms with Gasteiger partial charge in [0.25, 0.3) is 0 Å². The van der Waals surface area contributed by atoms with Gasteiger partial charge in [0.15, 0.2) is 0 Å². The smallest absolute Gasteiger partial charge is 0.303 e. The molecule has 0 saturated carbocycles. The summed E-state index contributed by atoms with van der Waals surface area (Å²) in [5, 5.41) is 11.9. The van der Waals surface area contributed by atoms with Gasteiger partial charge in [-0.3, -0.25) is 14.6 Å². The molecule has 3 fully saturated rings. The SMILES string of the molecule is O=C(O)CCC[C@@H]1[C@H]2CCCN3CCC[C@H](CN1Cc1cccc4ccccc14)[C@@H]23. The minimum atomic E-state index is -0.660. The second-order valence-electron chi connectivity index (χ2n) is 9.66. The number of likely N-dealkylation sites (tertiary alicyclic amines) is 1. The highest BCUT2D eigenvalue weighted by Crippen LogP contribution is 2.44. The molecular formula is C26H34N2O2. The number of fused-ring (bicyclic) bond motifs is 1. The van der Waals surface area contributed by atoms with Gasteiger partial charge in [0.05, 0.1) is 0 Å². The summed E-state index contributed by atoms with van der Waals surface area (Å²) in [5.74, 6) is 0.809. The number of aliphatic carboxylic acids is 1. The van der Waals surface area contributed by atoms with Gasteiger partial charge in [0.1, 0.15) is 0 Å². The van der Waals surface area contributed by atoms with Crippen molar-refractivity contribution in [3.63, 3.8) is 0 Å². The summed E-state index contributed by atoms with van der Waals surface area (Å²) in [4.78, 5) is 16.7. The van der Waals surface area contributed by atoms with E-state index in [2.05, 4.69) is 52.3 Å². The van der Waals surface area contributed by atoms with E-state index in [4.69, 9.17) is 0 Å². The first-order valence-electron chi connectivity index (χ1n) is 11.9. The average molecular weight is 407 g/mol. The third kappa shape index (κ3) is 3.88. The van der Waals surface area contributed by atoms with E-state index in [1.807, 2.05) is 0 Å². The zero-order chi connectivity index (χ0) is 20.5. The lowest BCUT2D eigenvalue weighted by Crippen LogP contribution is -2.64. The van der Waals surface area contributed by atoms with Crippen molar-refractivity contribution in [1.82, 2.24) is 9.80 Å². The van der Waals surface area contributed by atoms with Gasteiger partial charge in [-0.05, 0) is 79.8 Å². The summed E-state index contributed by atoms with van der Waals surface area (Å²) in [7, 11) is 0. The van der Waals surface area contributed by atoms with E-state index in [-0.39, 0.29) is 0 Å². The highest BCUT2D eigenvalue weighted by molar-refractivity contribution is 5.85. The summed E-state index contributed by atoms with van der Waals surface area (Å²) in [6.07, 6.45) is 7.39. The number of benzene rings is 2. The quantitative estimate of drug-likeness (QED) is 0.750. The van der Waals surface area contributed by atoms with Gasteiger partial charge >= 0.3 is 5.97 Å². The third-order valence-corrected chi connectivity index (χ3v) is 7.92. The van der Waals surface area contributed by atoms with Crippen LogP contribution in [0.15, 0.2) is 42.5 Å². The molecule has 4 heteroatoms. The molecule has 0 bridgehead atoms. The van der Waals surface area contributed by atoms with Crippen molar-refractivity contribution in [1.29, 1.82) is 0 Å². The van der Waals surface area contributed by atoms with Gasteiger partial charge < -0.3 is 5.11 Å². The molecule has 0 aliphatic carbocycles. The Labute approximate surface area is 179 Å². The van der Waals surface area contributed by atoms with E-state index < -0.39 is 5.97 Å². The number of nitrogens with zero attached hydrogens (tertiary/aromatic N) is 2. The number of carbonyl (C=O) groups is 1. The van der Waals surface area contributed by atoms with Crippen molar-refractivity contribution >= 4 is 16.7 Å². The van der Waals surface area contributed by atoms with Crippen LogP contribution in [0.4, 0.5) is 0 Å². The molecule has 3 aliphatic heterocycles. The maximum atomic E-state index is 11.2. The summed E-state index contributed by atoms with van der Waals surface area (Å²) >= 11 is 0. The normalized spacial score (nSPS) is 29.6. The molecule has 0 radical (unpaired) electrons. The zero-order valence-corrected chi connectivity index (χ0v) is 17.9. The number of rotatable bonds is 6. The molecule has 3 aliphatic rings. The minimum Gasteiger partial charge on any atom is -0.481 e. The number of carboxylic acid groups (broad SMARTS) is 1. The lowest BCUT2D eigenvalue weighted by Gasteiger charge is -2.57. The van der Waals surface area contributed by atoms with Crippen LogP contribution in [0.5, 0.6) is 0 Å². The van der Waals surface area contributed by atoms with Crippen molar-refractivity contribution in [2.75, 3.05) is 19.6 Å². The largest absolute Gasteiger partial charge is 0.481 e. The van der Waals surface area contributed by atoms with Crippen molar-refractivity contribution < 1.29 is 9.90 Å². The topological polar surface area (TPSA) is 43.8 Å². The Bertz CT molecular complexity index is 890. The summed E-state index contributed by atoms with van der Waals surface area (Å²) in [5.41, 5.74) is 1.42. The van der Waals surface area contributed by atoms with E-state index in [0.717, 1.165) is 31.3 Å². The highest BCUT2D eigenvalue weighted by Gasteiger charge is 2.48. The van der Waals surface area contributed by atoms with Crippen LogP contribution in [0, 0.1) is 11.8 Å². The van der Waals surface area contributed by atoms with Gasteiger partial charge in [-0.2, -0.15) is 0 Å². The Morgan fingerprint density at radius 1 is 1.03 bits per heavy atom. The summed E-state index contributed by atoms with van der Waals surface area (Å²) in [6.45, 7) is 4.68. The maximum Gasteiger partial charge on any atom is 0.303 e. The summed E-state index contributed by atoms with van der Waals surface area (Å²) < 4.78 is 0. The van der Waals surface area contributed by atoms with E-state index in [1.165, 1.54) is 61.7 Å². The van der Waals surface area contributed by atoms with Crippen LogP contribution in [-0.4, -0.2) is 52.6 Å². The van der Waals surface area contributed by atoms with E-state index in [9.17, 15) is 9.90 Å².